The predicted octanol–water partition coefficient (Wildman–Crippen LogP) is 2.97. The highest BCUT2D eigenvalue weighted by molar-refractivity contribution is 5.99. The van der Waals surface area contributed by atoms with E-state index in [2.05, 4.69) is 10.8 Å². The largest absolute Gasteiger partial charge is 0.385 e. The van der Waals surface area contributed by atoms with Crippen LogP contribution < -0.4 is 10.8 Å². The summed E-state index contributed by atoms with van der Waals surface area (Å²) in [5, 5.41) is 3.40. The van der Waals surface area contributed by atoms with Gasteiger partial charge in [-0.05, 0) is 37.6 Å². The van der Waals surface area contributed by atoms with Crippen LogP contribution in [0, 0.1) is 0 Å². The van der Waals surface area contributed by atoms with Gasteiger partial charge in [-0.2, -0.15) is 0 Å². The van der Waals surface area contributed by atoms with E-state index in [0.717, 1.165) is 17.7 Å². The first-order valence-corrected chi connectivity index (χ1v) is 9.33. The predicted molar refractivity (Wildman–Crippen MR) is 106 cm³/mol. The number of hydroxylamine groups is 1. The van der Waals surface area contributed by atoms with Crippen molar-refractivity contribution in [1.29, 1.82) is 0 Å². The number of rotatable bonds is 9. The lowest BCUT2D eigenvalue weighted by Gasteiger charge is -2.27. The van der Waals surface area contributed by atoms with Gasteiger partial charge in [-0.15, -0.1) is 0 Å². The van der Waals surface area contributed by atoms with E-state index in [1.807, 2.05) is 30.3 Å². The van der Waals surface area contributed by atoms with Crippen LogP contribution in [0.4, 0.5) is 5.69 Å². The minimum absolute atomic E-state index is 0.00514. The number of benzene rings is 2. The van der Waals surface area contributed by atoms with Gasteiger partial charge in [0, 0.05) is 42.6 Å². The highest BCUT2D eigenvalue weighted by Crippen LogP contribution is 2.34. The van der Waals surface area contributed by atoms with E-state index in [1.54, 1.807) is 37.1 Å². The summed E-state index contributed by atoms with van der Waals surface area (Å²) in [6, 6.07) is 14.7. The molecule has 0 aromatic heterocycles. The van der Waals surface area contributed by atoms with Crippen LogP contribution in [0.2, 0.25) is 0 Å². The molecule has 1 atom stereocenters. The first-order valence-electron chi connectivity index (χ1n) is 9.33. The third-order valence-electron chi connectivity index (χ3n) is 4.54. The molecule has 7 nitrogen and oxygen atoms in total. The number of nitrogens with zero attached hydrogens (tertiary/aromatic N) is 1. The zero-order chi connectivity index (χ0) is 19.9. The minimum atomic E-state index is -0.314. The fourth-order valence-corrected chi connectivity index (χ4v) is 3.24. The van der Waals surface area contributed by atoms with Crippen LogP contribution in [-0.4, -0.2) is 43.6 Å². The number of ether oxygens (including phenoxy) is 1. The van der Waals surface area contributed by atoms with Gasteiger partial charge < -0.3 is 15.0 Å². The van der Waals surface area contributed by atoms with E-state index >= 15 is 0 Å². The lowest BCUT2D eigenvalue weighted by atomic mass is 10.1. The average Bonchev–Trinajstić information content (AvgIpc) is 2.98. The molecular weight excluding hydrogens is 358 g/mol. The zero-order valence-corrected chi connectivity index (χ0v) is 16.1. The van der Waals surface area contributed by atoms with Crippen molar-refractivity contribution in [3.8, 4) is 0 Å². The number of carbonyl (C=O) groups is 2. The lowest BCUT2D eigenvalue weighted by Crippen LogP contribution is -2.33. The molecule has 1 unspecified atom stereocenters. The molecular formula is C21H25N3O4. The Morgan fingerprint density at radius 2 is 2.00 bits per heavy atom. The quantitative estimate of drug-likeness (QED) is 0.514. The average molecular weight is 383 g/mol. The summed E-state index contributed by atoms with van der Waals surface area (Å²) in [5.41, 5.74) is 5.23. The van der Waals surface area contributed by atoms with Crippen molar-refractivity contribution >= 4 is 17.5 Å². The Morgan fingerprint density at radius 1 is 1.18 bits per heavy atom. The number of methoxy groups -OCH3 is 1. The summed E-state index contributed by atoms with van der Waals surface area (Å²) in [6.45, 7) is 3.34. The Kier molecular flexibility index (Phi) is 6.62. The maximum absolute atomic E-state index is 12.8. The summed E-state index contributed by atoms with van der Waals surface area (Å²) in [6.07, 6.45) is 0.441. The zero-order valence-electron chi connectivity index (χ0n) is 16.1. The van der Waals surface area contributed by atoms with Crippen molar-refractivity contribution in [3.63, 3.8) is 0 Å². The van der Waals surface area contributed by atoms with Crippen molar-refractivity contribution in [2.24, 2.45) is 0 Å². The summed E-state index contributed by atoms with van der Waals surface area (Å²) >= 11 is 0. The number of carbonyl (C=O) groups excluding carboxylic acids is 2. The van der Waals surface area contributed by atoms with Crippen molar-refractivity contribution < 1.29 is 19.2 Å². The molecule has 0 spiro atoms. The molecule has 2 aromatic rings. The number of fused-ring (bicyclic) bond motifs is 1. The minimum Gasteiger partial charge on any atom is -0.385 e. The van der Waals surface area contributed by atoms with Crippen molar-refractivity contribution in [2.45, 2.75) is 19.5 Å². The molecule has 2 aromatic carbocycles. The second kappa shape index (κ2) is 9.34. The molecule has 1 aliphatic rings. The summed E-state index contributed by atoms with van der Waals surface area (Å²) in [4.78, 5) is 31.8. The number of hydrogen-bond donors (Lipinski definition) is 2. The molecule has 1 aliphatic heterocycles. The van der Waals surface area contributed by atoms with Gasteiger partial charge in [0.1, 0.15) is 6.17 Å². The van der Waals surface area contributed by atoms with Gasteiger partial charge in [-0.25, -0.2) is 5.48 Å². The first-order chi connectivity index (χ1) is 13.7. The van der Waals surface area contributed by atoms with E-state index in [9.17, 15) is 9.59 Å². The molecule has 2 N–H and O–H groups in total. The topological polar surface area (TPSA) is 79.9 Å². The number of nitrogens with one attached hydrogen (secondary N) is 2. The highest BCUT2D eigenvalue weighted by atomic mass is 16.6. The molecule has 28 heavy (non-hydrogen) atoms. The van der Waals surface area contributed by atoms with Crippen LogP contribution in [0.25, 0.3) is 0 Å². The molecule has 3 rings (SSSR count). The molecule has 0 bridgehead atoms. The van der Waals surface area contributed by atoms with E-state index in [1.165, 1.54) is 0 Å². The maximum atomic E-state index is 12.8. The Labute approximate surface area is 164 Å². The summed E-state index contributed by atoms with van der Waals surface area (Å²) in [7, 11) is 1.65. The van der Waals surface area contributed by atoms with Gasteiger partial charge >= 0.3 is 0 Å². The number of amides is 2. The molecule has 148 valence electrons. The second-order valence-corrected chi connectivity index (χ2v) is 6.42. The number of hydrogen-bond acceptors (Lipinski definition) is 5. The van der Waals surface area contributed by atoms with E-state index < -0.39 is 0 Å². The Bertz CT molecular complexity index is 840. The molecule has 0 fully saturated rings. The molecule has 0 saturated heterocycles. The van der Waals surface area contributed by atoms with E-state index in [4.69, 9.17) is 9.57 Å². The molecule has 2 amide bonds. The van der Waals surface area contributed by atoms with Crippen molar-refractivity contribution in [3.05, 3.63) is 65.2 Å². The summed E-state index contributed by atoms with van der Waals surface area (Å²) < 4.78 is 5.13. The van der Waals surface area contributed by atoms with Gasteiger partial charge in [-0.1, -0.05) is 24.3 Å². The van der Waals surface area contributed by atoms with Crippen LogP contribution in [0.3, 0.4) is 0 Å². The third-order valence-corrected chi connectivity index (χ3v) is 4.54. The standard InChI is InChI=1S/C21H25N3O4/c1-3-28-23-20(25)15-8-6-9-16(14-15)22-19-17-10-4-5-11-18(17)21(26)24(19)12-7-13-27-2/h4-6,8-11,14,19,22H,3,7,12-13H2,1-2H3,(H,23,25). The maximum Gasteiger partial charge on any atom is 0.274 e. The lowest BCUT2D eigenvalue weighted by molar-refractivity contribution is 0.0364. The van der Waals surface area contributed by atoms with Crippen molar-refractivity contribution in [1.82, 2.24) is 10.4 Å². The third kappa shape index (κ3) is 4.32. The number of anilines is 1. The smallest absolute Gasteiger partial charge is 0.274 e. The van der Waals surface area contributed by atoms with Crippen LogP contribution in [0.15, 0.2) is 48.5 Å². The van der Waals surface area contributed by atoms with Crippen molar-refractivity contribution in [2.75, 3.05) is 32.2 Å². The van der Waals surface area contributed by atoms with Crippen LogP contribution in [-0.2, 0) is 9.57 Å². The van der Waals surface area contributed by atoms with E-state index in [0.29, 0.717) is 30.9 Å². The Balaban J connectivity index is 1.82. The molecule has 7 heteroatoms. The Morgan fingerprint density at radius 3 is 2.79 bits per heavy atom. The highest BCUT2D eigenvalue weighted by Gasteiger charge is 2.36. The van der Waals surface area contributed by atoms with Gasteiger partial charge in [0.05, 0.1) is 6.61 Å². The monoisotopic (exact) mass is 383 g/mol. The van der Waals surface area contributed by atoms with Crippen LogP contribution in [0.1, 0.15) is 45.8 Å². The van der Waals surface area contributed by atoms with Gasteiger partial charge in [-0.3, -0.25) is 14.4 Å². The second-order valence-electron chi connectivity index (χ2n) is 6.42. The van der Waals surface area contributed by atoms with Gasteiger partial charge in [0.2, 0.25) is 0 Å². The molecule has 1 heterocycles. The fraction of sp³-hybridized carbons (Fsp3) is 0.333. The fourth-order valence-electron chi connectivity index (χ4n) is 3.24. The summed E-state index contributed by atoms with van der Waals surface area (Å²) in [5.74, 6) is -0.320. The van der Waals surface area contributed by atoms with Gasteiger partial charge in [0.15, 0.2) is 0 Å². The van der Waals surface area contributed by atoms with Crippen LogP contribution in [0.5, 0.6) is 0 Å². The molecule has 0 radical (unpaired) electrons. The van der Waals surface area contributed by atoms with Crippen LogP contribution >= 0.6 is 0 Å². The van der Waals surface area contributed by atoms with E-state index in [-0.39, 0.29) is 18.0 Å². The first kappa shape index (κ1) is 19.9. The molecule has 0 aliphatic carbocycles. The normalized spacial score (nSPS) is 15.4. The molecule has 0 saturated carbocycles. The van der Waals surface area contributed by atoms with Gasteiger partial charge in [0.25, 0.3) is 11.8 Å². The Hall–Kier alpha value is -2.90. The SMILES string of the molecule is CCONC(=O)c1cccc(NC2c3ccccc3C(=O)N2CCCOC)c1.